The van der Waals surface area contributed by atoms with Crippen LogP contribution in [0.5, 0.6) is 0 Å². The molecule has 0 fully saturated rings. The maximum absolute atomic E-state index is 4.31. The summed E-state index contributed by atoms with van der Waals surface area (Å²) in [7, 11) is 1.84. The van der Waals surface area contributed by atoms with Gasteiger partial charge in [0.05, 0.1) is 0 Å². The molecule has 2 aromatic rings. The Hall–Kier alpha value is -1.49. The summed E-state index contributed by atoms with van der Waals surface area (Å²) in [6.45, 7) is 6.34. The van der Waals surface area contributed by atoms with E-state index in [9.17, 15) is 0 Å². The lowest BCUT2D eigenvalue weighted by Crippen LogP contribution is -2.21. The van der Waals surface area contributed by atoms with Gasteiger partial charge in [0.15, 0.2) is 11.0 Å². The Labute approximate surface area is 113 Å². The predicted octanol–water partition coefficient (Wildman–Crippen LogP) is 2.62. The monoisotopic (exact) mass is 262 g/mol. The fourth-order valence-corrected chi connectivity index (χ4v) is 2.05. The van der Waals surface area contributed by atoms with Gasteiger partial charge in [-0.3, -0.25) is 0 Å². The third kappa shape index (κ3) is 2.51. The van der Waals surface area contributed by atoms with Gasteiger partial charge in [0.2, 0.25) is 0 Å². The fraction of sp³-hybridized carbons (Fsp3) is 0.385. The van der Waals surface area contributed by atoms with Gasteiger partial charge in [-0.05, 0) is 38.1 Å². The van der Waals surface area contributed by atoms with Gasteiger partial charge in [-0.2, -0.15) is 5.10 Å². The standard InChI is InChI=1S/C13H18N4S/c1-4-17(5-2)11-8-6-10(7-9-11)12-14-13(18)16(3)15-12/h6-9H,4-5H2,1-3H3,(H,14,15,18). The summed E-state index contributed by atoms with van der Waals surface area (Å²) < 4.78 is 1.66. The van der Waals surface area contributed by atoms with E-state index in [-0.39, 0.29) is 0 Å². The summed E-state index contributed by atoms with van der Waals surface area (Å²) in [6, 6.07) is 8.32. The van der Waals surface area contributed by atoms with Crippen LogP contribution in [-0.2, 0) is 7.05 Å². The SMILES string of the molecule is CCN(CC)c1ccc(-c2nc(S)n(C)n2)cc1. The summed E-state index contributed by atoms with van der Waals surface area (Å²) in [4.78, 5) is 6.60. The molecule has 1 aromatic carbocycles. The van der Waals surface area contributed by atoms with Gasteiger partial charge in [-0.15, -0.1) is 12.6 Å². The summed E-state index contributed by atoms with van der Waals surface area (Å²) in [5, 5.41) is 4.93. The lowest BCUT2D eigenvalue weighted by Gasteiger charge is -2.20. The number of rotatable bonds is 4. The van der Waals surface area contributed by atoms with E-state index < -0.39 is 0 Å². The Bertz CT molecular complexity index is 495. The largest absolute Gasteiger partial charge is 0.372 e. The Morgan fingerprint density at radius 3 is 2.22 bits per heavy atom. The van der Waals surface area contributed by atoms with Crippen molar-refractivity contribution >= 4 is 18.3 Å². The third-order valence-electron chi connectivity index (χ3n) is 2.99. The van der Waals surface area contributed by atoms with Crippen molar-refractivity contribution in [3.05, 3.63) is 24.3 Å². The highest BCUT2D eigenvalue weighted by molar-refractivity contribution is 7.80. The van der Waals surface area contributed by atoms with E-state index in [1.165, 1.54) is 5.69 Å². The molecule has 0 aliphatic heterocycles. The molecule has 0 amide bonds. The molecule has 96 valence electrons. The summed E-state index contributed by atoms with van der Waals surface area (Å²) in [5.41, 5.74) is 2.24. The minimum absolute atomic E-state index is 0.623. The van der Waals surface area contributed by atoms with Crippen LogP contribution in [0.15, 0.2) is 29.4 Å². The first-order valence-electron chi connectivity index (χ1n) is 6.11. The zero-order valence-electron chi connectivity index (χ0n) is 11.0. The van der Waals surface area contributed by atoms with Crippen LogP contribution in [0.25, 0.3) is 11.4 Å². The van der Waals surface area contributed by atoms with Gasteiger partial charge in [-0.25, -0.2) is 9.67 Å². The van der Waals surface area contributed by atoms with Gasteiger partial charge in [0.25, 0.3) is 0 Å². The first-order valence-corrected chi connectivity index (χ1v) is 6.55. The molecular weight excluding hydrogens is 244 g/mol. The van der Waals surface area contributed by atoms with E-state index in [0.29, 0.717) is 11.0 Å². The number of thiol groups is 1. The smallest absolute Gasteiger partial charge is 0.183 e. The molecule has 1 heterocycles. The number of anilines is 1. The van der Waals surface area contributed by atoms with Crippen molar-refractivity contribution in [3.63, 3.8) is 0 Å². The zero-order valence-corrected chi connectivity index (χ0v) is 11.9. The van der Waals surface area contributed by atoms with E-state index in [4.69, 9.17) is 0 Å². The topological polar surface area (TPSA) is 34.0 Å². The van der Waals surface area contributed by atoms with Crippen LogP contribution >= 0.6 is 12.6 Å². The highest BCUT2D eigenvalue weighted by Crippen LogP contribution is 2.21. The molecule has 0 saturated carbocycles. The Kier molecular flexibility index (Phi) is 3.91. The van der Waals surface area contributed by atoms with Crippen molar-refractivity contribution in [2.24, 2.45) is 7.05 Å². The molecular formula is C13H18N4S. The lowest BCUT2D eigenvalue weighted by molar-refractivity contribution is 0.688. The molecule has 5 heteroatoms. The van der Waals surface area contributed by atoms with Gasteiger partial charge < -0.3 is 4.90 Å². The van der Waals surface area contributed by atoms with Crippen LogP contribution < -0.4 is 4.90 Å². The number of benzene rings is 1. The van der Waals surface area contributed by atoms with Crippen LogP contribution in [-0.4, -0.2) is 27.9 Å². The van der Waals surface area contributed by atoms with Crippen LogP contribution in [0.3, 0.4) is 0 Å². The second-order valence-electron chi connectivity index (χ2n) is 4.08. The minimum atomic E-state index is 0.623. The summed E-state index contributed by atoms with van der Waals surface area (Å²) >= 11 is 4.23. The molecule has 0 radical (unpaired) electrons. The fourth-order valence-electron chi connectivity index (χ4n) is 1.91. The average Bonchev–Trinajstić information content (AvgIpc) is 2.72. The maximum atomic E-state index is 4.31. The van der Waals surface area contributed by atoms with Gasteiger partial charge in [0, 0.05) is 31.4 Å². The highest BCUT2D eigenvalue weighted by Gasteiger charge is 2.07. The van der Waals surface area contributed by atoms with Crippen LogP contribution in [0.4, 0.5) is 5.69 Å². The summed E-state index contributed by atoms with van der Waals surface area (Å²) in [5.74, 6) is 0.716. The predicted molar refractivity (Wildman–Crippen MR) is 77.3 cm³/mol. The Morgan fingerprint density at radius 1 is 1.17 bits per heavy atom. The van der Waals surface area contributed by atoms with E-state index in [0.717, 1.165) is 18.7 Å². The molecule has 1 aromatic heterocycles. The first-order chi connectivity index (χ1) is 8.65. The molecule has 0 unspecified atom stereocenters. The number of hydrogen-bond acceptors (Lipinski definition) is 4. The molecule has 0 atom stereocenters. The van der Waals surface area contributed by atoms with Gasteiger partial charge in [0.1, 0.15) is 0 Å². The van der Waals surface area contributed by atoms with E-state index in [1.54, 1.807) is 4.68 Å². The van der Waals surface area contributed by atoms with Gasteiger partial charge >= 0.3 is 0 Å². The van der Waals surface area contributed by atoms with Crippen molar-refractivity contribution in [1.82, 2.24) is 14.8 Å². The number of hydrogen-bond donors (Lipinski definition) is 1. The van der Waals surface area contributed by atoms with Crippen molar-refractivity contribution < 1.29 is 0 Å². The van der Waals surface area contributed by atoms with Crippen LogP contribution in [0, 0.1) is 0 Å². The normalized spacial score (nSPS) is 10.7. The molecule has 0 saturated heterocycles. The second kappa shape index (κ2) is 5.44. The molecule has 4 nitrogen and oxygen atoms in total. The molecule has 0 spiro atoms. The average molecular weight is 262 g/mol. The van der Waals surface area contributed by atoms with Crippen molar-refractivity contribution in [1.29, 1.82) is 0 Å². The number of aromatic nitrogens is 3. The first kappa shape index (κ1) is 13.0. The molecule has 0 N–H and O–H groups in total. The Morgan fingerprint density at radius 2 is 1.78 bits per heavy atom. The number of nitrogens with zero attached hydrogens (tertiary/aromatic N) is 4. The Balaban J connectivity index is 2.27. The van der Waals surface area contributed by atoms with Crippen LogP contribution in [0.2, 0.25) is 0 Å². The van der Waals surface area contributed by atoms with Crippen LogP contribution in [0.1, 0.15) is 13.8 Å². The zero-order chi connectivity index (χ0) is 13.1. The van der Waals surface area contributed by atoms with Crippen molar-refractivity contribution in [2.75, 3.05) is 18.0 Å². The maximum Gasteiger partial charge on any atom is 0.183 e. The van der Waals surface area contributed by atoms with E-state index in [2.05, 4.69) is 65.7 Å². The van der Waals surface area contributed by atoms with Crippen molar-refractivity contribution in [3.8, 4) is 11.4 Å². The molecule has 0 bridgehead atoms. The number of aryl methyl sites for hydroxylation is 1. The van der Waals surface area contributed by atoms with Crippen molar-refractivity contribution in [2.45, 2.75) is 19.0 Å². The summed E-state index contributed by atoms with van der Waals surface area (Å²) in [6.07, 6.45) is 0. The van der Waals surface area contributed by atoms with E-state index >= 15 is 0 Å². The van der Waals surface area contributed by atoms with Gasteiger partial charge in [-0.1, -0.05) is 0 Å². The quantitative estimate of drug-likeness (QED) is 0.860. The minimum Gasteiger partial charge on any atom is -0.372 e. The lowest BCUT2D eigenvalue weighted by atomic mass is 10.2. The molecule has 0 aliphatic carbocycles. The highest BCUT2D eigenvalue weighted by atomic mass is 32.1. The molecule has 18 heavy (non-hydrogen) atoms. The third-order valence-corrected chi connectivity index (χ3v) is 3.38. The molecule has 0 aliphatic rings. The second-order valence-corrected chi connectivity index (χ2v) is 4.48. The molecule has 2 rings (SSSR count). The van der Waals surface area contributed by atoms with E-state index in [1.807, 2.05) is 7.05 Å².